The van der Waals surface area contributed by atoms with E-state index in [4.69, 9.17) is 5.73 Å². The molecule has 0 amide bonds. The molecule has 3 unspecified atom stereocenters. The van der Waals surface area contributed by atoms with E-state index in [1.54, 1.807) is 19.1 Å². The lowest BCUT2D eigenvalue weighted by atomic mass is 9.49. The highest BCUT2D eigenvalue weighted by Gasteiger charge is 2.72. The Kier molecular flexibility index (Phi) is 5.82. The Hall–Kier alpha value is -1.77. The molecule has 0 aliphatic heterocycles. The second kappa shape index (κ2) is 7.89. The maximum Gasteiger partial charge on any atom is 0.190 e. The van der Waals surface area contributed by atoms with Gasteiger partial charge in [-0.1, -0.05) is 13.0 Å². The number of aromatic hydroxyl groups is 1. The zero-order valence-electron chi connectivity index (χ0n) is 18.1. The number of ketones is 4. The van der Waals surface area contributed by atoms with E-state index in [1.165, 1.54) is 19.0 Å². The number of halogens is 1. The third kappa shape index (κ3) is 3.03. The molecule has 6 N–H and O–H groups in total. The highest BCUT2D eigenvalue weighted by Crippen LogP contribution is 2.54. The summed E-state index contributed by atoms with van der Waals surface area (Å²) in [5, 5.41) is 43.5. The number of nitrogens with two attached hydrogens (primary N) is 1. The Labute approximate surface area is 202 Å². The minimum absolute atomic E-state index is 0.0860. The molecule has 33 heavy (non-hydrogen) atoms. The second-order valence-corrected chi connectivity index (χ2v) is 10.5. The predicted octanol–water partition coefficient (Wildman–Crippen LogP) is -1.20. The summed E-state index contributed by atoms with van der Waals surface area (Å²) in [7, 11) is 2.96. The van der Waals surface area contributed by atoms with E-state index >= 15 is 0 Å². The Bertz CT molecular complexity index is 1090. The maximum absolute atomic E-state index is 13.7. The number of carbonyl (C=O) groups excluding carboxylic acids is 4. The van der Waals surface area contributed by atoms with Crippen molar-refractivity contribution >= 4 is 45.7 Å². The Morgan fingerprint density at radius 2 is 1.76 bits per heavy atom. The highest BCUT2D eigenvalue weighted by molar-refractivity contribution is 14.1. The molecule has 2 fully saturated rings. The summed E-state index contributed by atoms with van der Waals surface area (Å²) in [6, 6.07) is 1.93. The van der Waals surface area contributed by atoms with Gasteiger partial charge in [-0.05, 0) is 54.2 Å². The average Bonchev–Trinajstić information content (AvgIpc) is 2.72. The third-order valence-electron chi connectivity index (χ3n) is 7.54. The van der Waals surface area contributed by atoms with E-state index in [9.17, 15) is 39.6 Å². The number of aliphatic hydroxyl groups excluding tert-OH is 2. The van der Waals surface area contributed by atoms with Gasteiger partial charge in [-0.3, -0.25) is 24.1 Å². The van der Waals surface area contributed by atoms with Crippen molar-refractivity contribution in [3.63, 3.8) is 0 Å². The van der Waals surface area contributed by atoms with E-state index in [2.05, 4.69) is 0 Å². The van der Waals surface area contributed by atoms with Crippen molar-refractivity contribution in [1.29, 1.82) is 0 Å². The normalized spacial score (nSPS) is 39.2. The quantitative estimate of drug-likeness (QED) is 0.164. The first-order valence-corrected chi connectivity index (χ1v) is 11.5. The zero-order chi connectivity index (χ0) is 24.7. The highest BCUT2D eigenvalue weighted by atomic mass is 127. The molecular formula is C22H25IN2O8. The molecule has 2 saturated carbocycles. The van der Waals surface area contributed by atoms with Gasteiger partial charge >= 0.3 is 0 Å². The largest absolute Gasteiger partial charge is 0.506 e. The number of phenolic OH excluding ortho intramolecular Hbond substituents is 1. The molecule has 0 aromatic heterocycles. The summed E-state index contributed by atoms with van der Waals surface area (Å²) >= 11 is 1.84. The van der Waals surface area contributed by atoms with Gasteiger partial charge < -0.3 is 26.2 Å². The minimum atomic E-state index is -2.92. The molecule has 10 nitrogen and oxygen atoms in total. The summed E-state index contributed by atoms with van der Waals surface area (Å²) < 4.78 is 0.379. The SMILES string of the molecule is C[C@H]1c2ccc(I)c(O)c2C(=O)C2C(=O)[C@]3(O)C(=O)C(C(N)O)C(=O)[C@@H](N(C)C)[C@@H]3[C@@H](O)[C@@H]21. The summed E-state index contributed by atoms with van der Waals surface area (Å²) in [4.78, 5) is 54.9. The smallest absolute Gasteiger partial charge is 0.190 e. The first kappa shape index (κ1) is 24.4. The number of rotatable bonds is 2. The van der Waals surface area contributed by atoms with Crippen LogP contribution in [-0.2, 0) is 14.4 Å². The molecular weight excluding hydrogens is 547 g/mol. The number of likely N-dealkylation sites (N-methyl/N-ethyl adjacent to an activating group) is 1. The summed E-state index contributed by atoms with van der Waals surface area (Å²) in [5.74, 6) is -11.2. The lowest BCUT2D eigenvalue weighted by Gasteiger charge is -2.56. The number of phenols is 1. The van der Waals surface area contributed by atoms with Crippen molar-refractivity contribution in [1.82, 2.24) is 4.90 Å². The van der Waals surface area contributed by atoms with E-state index in [1.807, 2.05) is 22.6 Å². The van der Waals surface area contributed by atoms with Gasteiger partial charge in [0.25, 0.3) is 0 Å². The van der Waals surface area contributed by atoms with Crippen LogP contribution < -0.4 is 5.73 Å². The minimum Gasteiger partial charge on any atom is -0.506 e. The number of hydrogen-bond donors (Lipinski definition) is 5. The Morgan fingerprint density at radius 3 is 2.30 bits per heavy atom. The Morgan fingerprint density at radius 1 is 1.15 bits per heavy atom. The summed E-state index contributed by atoms with van der Waals surface area (Å²) in [6.45, 7) is 1.68. The number of aliphatic hydroxyl groups is 3. The van der Waals surface area contributed by atoms with E-state index in [0.717, 1.165) is 0 Å². The van der Waals surface area contributed by atoms with Crippen molar-refractivity contribution in [3.05, 3.63) is 26.8 Å². The van der Waals surface area contributed by atoms with Crippen LogP contribution in [0.2, 0.25) is 0 Å². The topological polar surface area (TPSA) is 178 Å². The fourth-order valence-electron chi connectivity index (χ4n) is 6.05. The molecule has 4 rings (SSSR count). The number of nitrogens with zero attached hydrogens (tertiary/aromatic N) is 1. The molecule has 0 spiro atoms. The number of benzene rings is 1. The first-order chi connectivity index (χ1) is 15.3. The fourth-order valence-corrected chi connectivity index (χ4v) is 6.50. The lowest BCUT2D eigenvalue weighted by Crippen LogP contribution is -2.78. The fraction of sp³-hybridized carbons (Fsp3) is 0.545. The number of fused-ring (bicyclic) bond motifs is 3. The van der Waals surface area contributed by atoms with Gasteiger partial charge in [0.2, 0.25) is 0 Å². The van der Waals surface area contributed by atoms with Gasteiger partial charge in [-0.25, -0.2) is 0 Å². The van der Waals surface area contributed by atoms with Gasteiger partial charge in [0, 0.05) is 5.92 Å². The zero-order valence-corrected chi connectivity index (χ0v) is 20.3. The van der Waals surface area contributed by atoms with Crippen LogP contribution in [0.15, 0.2) is 12.1 Å². The van der Waals surface area contributed by atoms with Crippen LogP contribution in [0.5, 0.6) is 5.75 Å². The molecule has 3 aliphatic rings. The third-order valence-corrected chi connectivity index (χ3v) is 8.41. The predicted molar refractivity (Wildman–Crippen MR) is 121 cm³/mol. The molecule has 9 atom stereocenters. The van der Waals surface area contributed by atoms with Crippen LogP contribution in [0.25, 0.3) is 0 Å². The number of Topliss-reactive ketones (excluding diaryl/α,β-unsaturated/α-hetero) is 4. The van der Waals surface area contributed by atoms with Crippen molar-refractivity contribution in [2.24, 2.45) is 29.4 Å². The summed E-state index contributed by atoms with van der Waals surface area (Å²) in [6.07, 6.45) is -3.57. The van der Waals surface area contributed by atoms with Crippen LogP contribution >= 0.6 is 22.6 Å². The van der Waals surface area contributed by atoms with Crippen LogP contribution in [0.3, 0.4) is 0 Å². The van der Waals surface area contributed by atoms with Crippen molar-refractivity contribution in [2.75, 3.05) is 14.1 Å². The molecule has 1 aromatic rings. The molecule has 0 heterocycles. The van der Waals surface area contributed by atoms with E-state index in [-0.39, 0.29) is 11.3 Å². The van der Waals surface area contributed by atoms with Gasteiger partial charge in [-0.15, -0.1) is 0 Å². The van der Waals surface area contributed by atoms with E-state index in [0.29, 0.717) is 9.13 Å². The molecule has 11 heteroatoms. The van der Waals surface area contributed by atoms with Crippen molar-refractivity contribution < 1.29 is 39.6 Å². The Balaban J connectivity index is 1.96. The van der Waals surface area contributed by atoms with Crippen molar-refractivity contribution in [3.8, 4) is 5.75 Å². The van der Waals surface area contributed by atoms with E-state index < -0.39 is 76.7 Å². The van der Waals surface area contributed by atoms with Crippen LogP contribution in [0, 0.1) is 27.2 Å². The van der Waals surface area contributed by atoms with Gasteiger partial charge in [0.15, 0.2) is 28.7 Å². The molecule has 0 bridgehead atoms. The number of hydrogen-bond acceptors (Lipinski definition) is 10. The maximum atomic E-state index is 13.7. The van der Waals surface area contributed by atoms with Gasteiger partial charge in [0.05, 0.1) is 33.1 Å². The summed E-state index contributed by atoms with van der Waals surface area (Å²) in [5.41, 5.74) is 2.89. The standard InChI is InChI=1S/C22H25IN2O8/c1-6-7-4-5-8(23)15(26)10(7)16(27)11-9(6)17(28)13-14(25(2)3)18(29)12(21(24)32)20(31)22(13,33)19(11)30/h4-6,9,11-14,17,21,26,28,32-33H,24H2,1-3H3/t6-,9+,11?,12?,13+,14-,17-,21?,22-/m0/s1. The van der Waals surface area contributed by atoms with Gasteiger partial charge in [0.1, 0.15) is 17.9 Å². The second-order valence-electron chi connectivity index (χ2n) is 9.36. The lowest BCUT2D eigenvalue weighted by molar-refractivity contribution is -0.199. The molecule has 0 radical (unpaired) electrons. The van der Waals surface area contributed by atoms with Crippen LogP contribution in [0.1, 0.15) is 28.8 Å². The molecule has 0 saturated heterocycles. The number of carbonyl (C=O) groups is 4. The molecule has 178 valence electrons. The van der Waals surface area contributed by atoms with Crippen LogP contribution in [0.4, 0.5) is 0 Å². The average molecular weight is 572 g/mol. The van der Waals surface area contributed by atoms with Gasteiger partial charge in [-0.2, -0.15) is 0 Å². The molecule has 1 aromatic carbocycles. The van der Waals surface area contributed by atoms with Crippen LogP contribution in [-0.4, -0.2) is 86.5 Å². The first-order valence-electron chi connectivity index (χ1n) is 10.5. The molecule has 3 aliphatic carbocycles. The monoisotopic (exact) mass is 572 g/mol. The van der Waals surface area contributed by atoms with Crippen molar-refractivity contribution in [2.45, 2.75) is 36.8 Å².